The van der Waals surface area contributed by atoms with Gasteiger partial charge in [-0.2, -0.15) is 36.4 Å². The Morgan fingerprint density at radius 2 is 0.860 bits per heavy atom. The summed E-state index contributed by atoms with van der Waals surface area (Å²) in [4.78, 5) is 28.9. The van der Waals surface area contributed by atoms with Crippen LogP contribution in [0.5, 0.6) is 0 Å². The van der Waals surface area contributed by atoms with Crippen molar-refractivity contribution in [2.24, 2.45) is 10.8 Å². The van der Waals surface area contributed by atoms with Crippen LogP contribution in [-0.4, -0.2) is 24.9 Å². The largest absolute Gasteiger partial charge is 4.00 e. The Morgan fingerprint density at radius 1 is 0.544 bits per heavy atom. The van der Waals surface area contributed by atoms with E-state index in [0.29, 0.717) is 38.8 Å². The van der Waals surface area contributed by atoms with Crippen LogP contribution in [0.4, 0.5) is 28.9 Å². The maximum atomic E-state index is 14.1. The van der Waals surface area contributed by atoms with E-state index in [1.54, 1.807) is 0 Å². The van der Waals surface area contributed by atoms with Gasteiger partial charge in [0.15, 0.2) is 0 Å². The molecule has 4 aromatic rings. The van der Waals surface area contributed by atoms with E-state index in [4.69, 9.17) is 0 Å². The second-order valence-corrected chi connectivity index (χ2v) is 14.5. The molecule has 9 heteroatoms. The Labute approximate surface area is 357 Å². The summed E-state index contributed by atoms with van der Waals surface area (Å²) in [6.07, 6.45) is 10.7. The number of benzene rings is 2. The van der Waals surface area contributed by atoms with Crippen molar-refractivity contribution in [1.29, 1.82) is 0 Å². The molecule has 0 radical (unpaired) electrons. The molecule has 0 N–H and O–H groups in total. The molecule has 0 aliphatic carbocycles. The van der Waals surface area contributed by atoms with E-state index in [1.165, 1.54) is 21.9 Å². The molecule has 0 spiro atoms. The molecule has 0 heterocycles. The smallest absolute Gasteiger partial charge is 0.363 e. The maximum Gasteiger partial charge on any atom is 4.00 e. The average Bonchev–Trinajstić information content (AvgIpc) is 3.99. The van der Waals surface area contributed by atoms with Crippen molar-refractivity contribution in [3.05, 3.63) is 120 Å². The minimum absolute atomic E-state index is 0. The van der Waals surface area contributed by atoms with Crippen molar-refractivity contribution in [2.45, 2.75) is 132 Å². The Kier molecular flexibility index (Phi) is 27.9. The van der Waals surface area contributed by atoms with Gasteiger partial charge in [0, 0.05) is 47.2 Å². The van der Waals surface area contributed by atoms with Crippen LogP contribution in [-0.2, 0) is 31.3 Å². The Balaban J connectivity index is 0.000000865. The molecule has 0 bridgehead atoms. The number of amides is 2. The maximum absolute atomic E-state index is 14.1. The fourth-order valence-electron chi connectivity index (χ4n) is 5.74. The van der Waals surface area contributed by atoms with E-state index in [1.807, 2.05) is 114 Å². The zero-order chi connectivity index (χ0) is 42.0. The first-order valence-corrected chi connectivity index (χ1v) is 20.5. The van der Waals surface area contributed by atoms with E-state index < -0.39 is 34.1 Å². The summed E-state index contributed by atoms with van der Waals surface area (Å²) < 4.78 is 54.5. The zero-order valence-corrected chi connectivity index (χ0v) is 37.3. The number of carbonyl (C=O) groups excluding carboxylic acids is 2. The van der Waals surface area contributed by atoms with Gasteiger partial charge in [0.1, 0.15) is 0 Å². The summed E-state index contributed by atoms with van der Waals surface area (Å²) >= 11 is 0. The number of halogens is 4. The van der Waals surface area contributed by atoms with Gasteiger partial charge in [-0.25, -0.2) is 41.8 Å². The van der Waals surface area contributed by atoms with Crippen LogP contribution >= 0.6 is 0 Å². The predicted octanol–water partition coefficient (Wildman–Crippen LogP) is 13.8. The first-order chi connectivity index (χ1) is 26.8. The van der Waals surface area contributed by atoms with Crippen LogP contribution in [0.25, 0.3) is 0 Å². The number of rotatable bonds is 18. The first kappa shape index (κ1) is 53.5. The minimum atomic E-state index is -0.802. The normalized spacial score (nSPS) is 10.7. The van der Waals surface area contributed by atoms with Crippen molar-refractivity contribution in [3.8, 4) is 0 Å². The van der Waals surface area contributed by atoms with Gasteiger partial charge in [-0.15, -0.1) is 36.4 Å². The monoisotopic (exact) mass is 826 g/mol. The minimum Gasteiger partial charge on any atom is -0.363 e. The molecular weight excluding hydrogens is 760 g/mol. The molecule has 0 aliphatic heterocycles. The van der Waals surface area contributed by atoms with E-state index in [2.05, 4.69) is 13.8 Å². The standard InChI is InChI=1S/2C19H28F2NO.2C5H5.Ti/c2*1-5-8-9-10-13-22(18(23)19(4,6-2)7-3)17-12-11-15(20)14-16(17)21;2*1-2-4-5-3-1;/h2*11-12H,5-10,13H2,1-4H3;2*1-5H;/q4*-1;+4. The first-order valence-electron chi connectivity index (χ1n) is 20.5. The number of hydrogen-bond acceptors (Lipinski definition) is 2. The summed E-state index contributed by atoms with van der Waals surface area (Å²) in [5.74, 6) is -3.31. The fourth-order valence-corrected chi connectivity index (χ4v) is 5.74. The van der Waals surface area contributed by atoms with Crippen LogP contribution in [0.2, 0.25) is 0 Å². The summed E-state index contributed by atoms with van der Waals surface area (Å²) in [6.45, 7) is 16.8. The summed E-state index contributed by atoms with van der Waals surface area (Å²) in [6, 6.07) is 29.1. The SMILES string of the molecule is CCCCCCN(C(=O)C(C)(CC)CC)c1ccc(F)[c-]c1F.CCCCCCN(C(=O)C(C)(CC)CC)c1ccc(F)[c-]c1F.[Ti+4].c1cc[cH-]c1.c1cc[cH-]c1. The molecule has 0 aromatic heterocycles. The molecule has 0 saturated carbocycles. The van der Waals surface area contributed by atoms with E-state index >= 15 is 0 Å². The zero-order valence-electron chi connectivity index (χ0n) is 35.7. The van der Waals surface area contributed by atoms with E-state index in [0.717, 1.165) is 63.5 Å². The van der Waals surface area contributed by atoms with Gasteiger partial charge in [-0.1, -0.05) is 93.9 Å². The van der Waals surface area contributed by atoms with Crippen molar-refractivity contribution in [3.63, 3.8) is 0 Å². The quantitative estimate of drug-likeness (QED) is 0.0434. The molecule has 0 unspecified atom stereocenters. The van der Waals surface area contributed by atoms with Crippen LogP contribution in [0, 0.1) is 46.2 Å². The van der Waals surface area contributed by atoms with Gasteiger partial charge in [0.05, 0.1) is 0 Å². The number of carbonyl (C=O) groups is 2. The van der Waals surface area contributed by atoms with E-state index in [9.17, 15) is 27.2 Å². The molecule has 57 heavy (non-hydrogen) atoms. The number of anilines is 2. The van der Waals surface area contributed by atoms with Gasteiger partial charge in [0.2, 0.25) is 11.8 Å². The molecule has 0 aliphatic rings. The van der Waals surface area contributed by atoms with Gasteiger partial charge >= 0.3 is 21.7 Å². The fraction of sp³-hybridized carbons (Fsp3) is 0.500. The third-order valence-electron chi connectivity index (χ3n) is 10.5. The Hall–Kier alpha value is -3.49. The van der Waals surface area contributed by atoms with Crippen LogP contribution in [0.1, 0.15) is 132 Å². The van der Waals surface area contributed by atoms with Gasteiger partial charge in [0.25, 0.3) is 0 Å². The summed E-state index contributed by atoms with van der Waals surface area (Å²) in [5, 5.41) is 0. The molecule has 4 nitrogen and oxygen atoms in total. The summed E-state index contributed by atoms with van der Waals surface area (Å²) in [5.41, 5.74) is -0.820. The second-order valence-electron chi connectivity index (χ2n) is 14.5. The van der Waals surface area contributed by atoms with E-state index in [-0.39, 0.29) is 44.9 Å². The Morgan fingerprint density at radius 3 is 1.09 bits per heavy atom. The van der Waals surface area contributed by atoms with Crippen LogP contribution in [0.3, 0.4) is 0 Å². The molecule has 0 fully saturated rings. The summed E-state index contributed by atoms with van der Waals surface area (Å²) in [7, 11) is 0. The average molecular weight is 827 g/mol. The second kappa shape index (κ2) is 29.7. The third-order valence-corrected chi connectivity index (χ3v) is 10.5. The molecular formula is C48H66F4N2O2Ti. The molecule has 0 saturated heterocycles. The van der Waals surface area contributed by atoms with Gasteiger partial charge in [-0.3, -0.25) is 9.59 Å². The number of nitrogens with zero attached hydrogens (tertiary/aromatic N) is 2. The molecule has 312 valence electrons. The van der Waals surface area contributed by atoms with Gasteiger partial charge in [-0.05, 0) is 49.9 Å². The van der Waals surface area contributed by atoms with Crippen LogP contribution in [0.15, 0.2) is 84.9 Å². The van der Waals surface area contributed by atoms with Gasteiger partial charge < -0.3 is 9.80 Å². The van der Waals surface area contributed by atoms with Crippen molar-refractivity contribution in [2.75, 3.05) is 22.9 Å². The molecule has 0 atom stereocenters. The van der Waals surface area contributed by atoms with Crippen molar-refractivity contribution in [1.82, 2.24) is 0 Å². The van der Waals surface area contributed by atoms with Crippen LogP contribution < -0.4 is 9.80 Å². The molecule has 4 rings (SSSR count). The molecule has 2 amide bonds. The molecule has 4 aromatic carbocycles. The number of unbranched alkanes of at least 4 members (excludes halogenated alkanes) is 6. The predicted molar refractivity (Wildman–Crippen MR) is 225 cm³/mol. The van der Waals surface area contributed by atoms with Crippen molar-refractivity contribution >= 4 is 23.2 Å². The Bertz CT molecular complexity index is 1450. The third kappa shape index (κ3) is 18.8. The topological polar surface area (TPSA) is 40.6 Å². The van der Waals surface area contributed by atoms with Crippen molar-refractivity contribution < 1.29 is 48.9 Å². The number of hydrogen-bond donors (Lipinski definition) is 0.